The average Bonchev–Trinajstić information content (AvgIpc) is 2.79. The van der Waals surface area contributed by atoms with E-state index in [1.165, 1.54) is 45.1 Å². The lowest BCUT2D eigenvalue weighted by atomic mass is 9.49. The van der Waals surface area contributed by atoms with Gasteiger partial charge in [-0.25, -0.2) is 4.79 Å². The van der Waals surface area contributed by atoms with Gasteiger partial charge in [-0.2, -0.15) is 0 Å². The Morgan fingerprint density at radius 3 is 2.33 bits per heavy atom. The lowest BCUT2D eigenvalue weighted by Crippen LogP contribution is -2.51. The van der Waals surface area contributed by atoms with Crippen molar-refractivity contribution in [1.29, 1.82) is 0 Å². The molecular formula is C17H28N2O2. The predicted molar refractivity (Wildman–Crippen MR) is 81.0 cm³/mol. The highest BCUT2D eigenvalue weighted by molar-refractivity contribution is 5.69. The SMILES string of the molecule is CN(CCN1CCOC1=O)CC12CC3CC(CC(C3)C1)C2. The molecule has 0 unspecified atom stereocenters. The summed E-state index contributed by atoms with van der Waals surface area (Å²) in [5, 5.41) is 0. The van der Waals surface area contributed by atoms with Crippen LogP contribution in [0, 0.1) is 23.2 Å². The first-order chi connectivity index (χ1) is 10.1. The number of rotatable bonds is 5. The van der Waals surface area contributed by atoms with Gasteiger partial charge in [0.05, 0.1) is 6.54 Å². The molecule has 4 saturated carbocycles. The molecule has 1 aliphatic heterocycles. The number of hydrogen-bond donors (Lipinski definition) is 0. The normalized spacial score (nSPS) is 41.1. The lowest BCUT2D eigenvalue weighted by Gasteiger charge is -2.57. The van der Waals surface area contributed by atoms with Crippen LogP contribution < -0.4 is 0 Å². The Morgan fingerprint density at radius 1 is 1.19 bits per heavy atom. The Morgan fingerprint density at radius 2 is 1.81 bits per heavy atom. The van der Waals surface area contributed by atoms with E-state index in [4.69, 9.17) is 4.74 Å². The zero-order valence-corrected chi connectivity index (χ0v) is 13.2. The van der Waals surface area contributed by atoms with Crippen molar-refractivity contribution in [3.05, 3.63) is 0 Å². The van der Waals surface area contributed by atoms with Crippen molar-refractivity contribution in [2.75, 3.05) is 39.8 Å². The van der Waals surface area contributed by atoms with Gasteiger partial charge < -0.3 is 14.5 Å². The second-order valence-electron chi connectivity index (χ2n) is 8.26. The van der Waals surface area contributed by atoms with Crippen LogP contribution in [0.2, 0.25) is 0 Å². The number of likely N-dealkylation sites (N-methyl/N-ethyl adjacent to an activating group) is 1. The first-order valence-corrected chi connectivity index (χ1v) is 8.72. The summed E-state index contributed by atoms with van der Waals surface area (Å²) >= 11 is 0. The van der Waals surface area contributed by atoms with Crippen LogP contribution in [0.1, 0.15) is 38.5 Å². The molecule has 0 spiro atoms. The first kappa shape index (κ1) is 13.9. The van der Waals surface area contributed by atoms with Crippen molar-refractivity contribution in [3.63, 3.8) is 0 Å². The number of hydrogen-bond acceptors (Lipinski definition) is 3. The Kier molecular flexibility index (Phi) is 3.40. The van der Waals surface area contributed by atoms with Gasteiger partial charge in [-0.05, 0) is 68.7 Å². The molecule has 0 aromatic heterocycles. The quantitative estimate of drug-likeness (QED) is 0.781. The minimum absolute atomic E-state index is 0.127. The molecule has 5 aliphatic rings. The van der Waals surface area contributed by atoms with E-state index in [-0.39, 0.29) is 6.09 Å². The van der Waals surface area contributed by atoms with Crippen LogP contribution in [0.15, 0.2) is 0 Å². The average molecular weight is 292 g/mol. The summed E-state index contributed by atoms with van der Waals surface area (Å²) in [5.41, 5.74) is 0.606. The van der Waals surface area contributed by atoms with Crippen molar-refractivity contribution in [3.8, 4) is 0 Å². The van der Waals surface area contributed by atoms with E-state index < -0.39 is 0 Å². The number of ether oxygens (including phenoxy) is 1. The summed E-state index contributed by atoms with van der Waals surface area (Å²) in [7, 11) is 2.24. The molecule has 5 fully saturated rings. The lowest BCUT2D eigenvalue weighted by molar-refractivity contribution is -0.0663. The largest absolute Gasteiger partial charge is 0.448 e. The summed E-state index contributed by atoms with van der Waals surface area (Å²) in [5.74, 6) is 3.08. The fraction of sp³-hybridized carbons (Fsp3) is 0.941. The van der Waals surface area contributed by atoms with Crippen LogP contribution >= 0.6 is 0 Å². The third-order valence-corrected chi connectivity index (χ3v) is 6.37. The highest BCUT2D eigenvalue weighted by Gasteiger charge is 2.50. The van der Waals surface area contributed by atoms with Gasteiger partial charge in [0.1, 0.15) is 6.61 Å². The van der Waals surface area contributed by atoms with Gasteiger partial charge in [-0.3, -0.25) is 0 Å². The van der Waals surface area contributed by atoms with E-state index in [1.54, 1.807) is 0 Å². The standard InChI is InChI=1S/C17H28N2O2/c1-18(2-3-19-4-5-21-16(19)20)12-17-9-13-6-14(10-17)8-15(7-13)11-17/h13-15H,2-12H2,1H3. The third kappa shape index (κ3) is 2.67. The smallest absolute Gasteiger partial charge is 0.409 e. The minimum Gasteiger partial charge on any atom is -0.448 e. The van der Waals surface area contributed by atoms with Crippen molar-refractivity contribution >= 4 is 6.09 Å². The Labute approximate surface area is 127 Å². The number of carbonyl (C=O) groups is 1. The molecule has 4 heteroatoms. The number of cyclic esters (lactones) is 1. The molecule has 0 N–H and O–H groups in total. The van der Waals surface area contributed by atoms with Crippen molar-refractivity contribution in [2.24, 2.45) is 23.2 Å². The van der Waals surface area contributed by atoms with Gasteiger partial charge in [0.25, 0.3) is 0 Å². The van der Waals surface area contributed by atoms with Gasteiger partial charge in [0, 0.05) is 19.6 Å². The van der Waals surface area contributed by atoms with Crippen LogP contribution in [-0.2, 0) is 4.74 Å². The van der Waals surface area contributed by atoms with Gasteiger partial charge in [0.2, 0.25) is 0 Å². The summed E-state index contributed by atoms with van der Waals surface area (Å²) in [6.45, 7) is 4.37. The molecule has 5 rings (SSSR count). The molecule has 0 aromatic rings. The maximum Gasteiger partial charge on any atom is 0.409 e. The Hall–Kier alpha value is -0.770. The van der Waals surface area contributed by atoms with Gasteiger partial charge in [-0.15, -0.1) is 0 Å². The molecule has 4 bridgehead atoms. The number of nitrogens with zero attached hydrogens (tertiary/aromatic N) is 2. The molecular weight excluding hydrogens is 264 g/mol. The number of amides is 1. The van der Waals surface area contributed by atoms with E-state index in [2.05, 4.69) is 11.9 Å². The fourth-order valence-electron chi connectivity index (χ4n) is 6.06. The molecule has 21 heavy (non-hydrogen) atoms. The van der Waals surface area contributed by atoms with E-state index in [9.17, 15) is 4.79 Å². The molecule has 0 radical (unpaired) electrons. The monoisotopic (exact) mass is 292 g/mol. The van der Waals surface area contributed by atoms with E-state index >= 15 is 0 Å². The van der Waals surface area contributed by atoms with Crippen molar-refractivity contribution in [2.45, 2.75) is 38.5 Å². The molecule has 1 amide bonds. The maximum absolute atomic E-state index is 11.5. The van der Waals surface area contributed by atoms with Crippen molar-refractivity contribution in [1.82, 2.24) is 9.80 Å². The van der Waals surface area contributed by atoms with Gasteiger partial charge in [-0.1, -0.05) is 0 Å². The predicted octanol–water partition coefficient (Wildman–Crippen LogP) is 2.59. The van der Waals surface area contributed by atoms with Crippen molar-refractivity contribution < 1.29 is 9.53 Å². The van der Waals surface area contributed by atoms with Crippen LogP contribution in [0.3, 0.4) is 0 Å². The molecule has 1 heterocycles. The zero-order chi connectivity index (χ0) is 14.4. The minimum atomic E-state index is -0.127. The first-order valence-electron chi connectivity index (χ1n) is 8.72. The highest BCUT2D eigenvalue weighted by Crippen LogP contribution is 2.60. The van der Waals surface area contributed by atoms with E-state index in [0.717, 1.165) is 37.4 Å². The molecule has 4 nitrogen and oxygen atoms in total. The van der Waals surface area contributed by atoms with E-state index in [1.807, 2.05) is 4.90 Å². The highest BCUT2D eigenvalue weighted by atomic mass is 16.6. The third-order valence-electron chi connectivity index (χ3n) is 6.37. The summed E-state index contributed by atoms with van der Waals surface area (Å²) in [6.07, 6.45) is 8.82. The molecule has 0 atom stereocenters. The second-order valence-corrected chi connectivity index (χ2v) is 8.26. The maximum atomic E-state index is 11.5. The zero-order valence-electron chi connectivity index (χ0n) is 13.2. The second kappa shape index (κ2) is 5.15. The topological polar surface area (TPSA) is 32.8 Å². The Balaban J connectivity index is 1.32. The Bertz CT molecular complexity index is 388. The van der Waals surface area contributed by atoms with E-state index in [0.29, 0.717) is 12.0 Å². The molecule has 118 valence electrons. The van der Waals surface area contributed by atoms with Crippen LogP contribution in [-0.4, -0.2) is 55.7 Å². The molecule has 1 saturated heterocycles. The summed E-state index contributed by atoms with van der Waals surface area (Å²) < 4.78 is 5.00. The molecule has 4 aliphatic carbocycles. The van der Waals surface area contributed by atoms with Crippen LogP contribution in [0.5, 0.6) is 0 Å². The van der Waals surface area contributed by atoms with Gasteiger partial charge >= 0.3 is 6.09 Å². The van der Waals surface area contributed by atoms with Crippen LogP contribution in [0.25, 0.3) is 0 Å². The molecule has 0 aromatic carbocycles. The summed E-state index contributed by atoms with van der Waals surface area (Å²) in [6, 6.07) is 0. The summed E-state index contributed by atoms with van der Waals surface area (Å²) in [4.78, 5) is 15.8. The fourth-order valence-corrected chi connectivity index (χ4v) is 6.06. The van der Waals surface area contributed by atoms with Gasteiger partial charge in [0.15, 0.2) is 0 Å². The number of carbonyl (C=O) groups excluding carboxylic acids is 1. The van der Waals surface area contributed by atoms with Crippen LogP contribution in [0.4, 0.5) is 4.79 Å².